The Kier molecular flexibility index (Phi) is 4.75. The number of halogens is 3. The van der Waals surface area contributed by atoms with Crippen molar-refractivity contribution in [2.45, 2.75) is 11.1 Å². The zero-order chi connectivity index (χ0) is 20.8. The van der Waals surface area contributed by atoms with Gasteiger partial charge in [-0.25, -0.2) is 8.42 Å². The normalized spacial score (nSPS) is 16.5. The maximum atomic E-state index is 13.0. The van der Waals surface area contributed by atoms with Gasteiger partial charge in [0, 0.05) is 25.0 Å². The number of nitrogens with zero attached hydrogens (tertiary/aromatic N) is 5. The Morgan fingerprint density at radius 2 is 1.90 bits per heavy atom. The third kappa shape index (κ3) is 3.56. The summed E-state index contributed by atoms with van der Waals surface area (Å²) in [5.74, 6) is -0.636. The highest BCUT2D eigenvalue weighted by Crippen LogP contribution is 2.31. The third-order valence-electron chi connectivity index (χ3n) is 4.40. The summed E-state index contributed by atoms with van der Waals surface area (Å²) in [6, 6.07) is 6.59. The van der Waals surface area contributed by atoms with Gasteiger partial charge in [0.2, 0.25) is 15.9 Å². The van der Waals surface area contributed by atoms with Gasteiger partial charge in [-0.05, 0) is 24.3 Å². The van der Waals surface area contributed by atoms with Gasteiger partial charge in [-0.1, -0.05) is 6.07 Å². The lowest BCUT2D eigenvalue weighted by atomic mass is 10.2. The molecule has 29 heavy (non-hydrogen) atoms. The van der Waals surface area contributed by atoms with Crippen LogP contribution in [0.3, 0.4) is 0 Å². The quantitative estimate of drug-likeness (QED) is 0.616. The Morgan fingerprint density at radius 3 is 2.62 bits per heavy atom. The molecule has 0 spiro atoms. The van der Waals surface area contributed by atoms with E-state index in [0.29, 0.717) is 5.52 Å². The van der Waals surface area contributed by atoms with Crippen molar-refractivity contribution < 1.29 is 26.4 Å². The van der Waals surface area contributed by atoms with Crippen LogP contribution in [-0.4, -0.2) is 52.0 Å². The summed E-state index contributed by atoms with van der Waals surface area (Å²) in [5.41, 5.74) is -0.463. The first-order valence-electron chi connectivity index (χ1n) is 8.23. The number of hydrogen-bond donors (Lipinski definition) is 0. The van der Waals surface area contributed by atoms with Crippen molar-refractivity contribution in [1.29, 1.82) is 0 Å². The summed E-state index contributed by atoms with van der Waals surface area (Å²) < 4.78 is 73.6. The average Bonchev–Trinajstić information content (AvgIpc) is 3.16. The highest BCUT2D eigenvalue weighted by Gasteiger charge is 2.37. The van der Waals surface area contributed by atoms with Crippen molar-refractivity contribution in [2.24, 2.45) is 0 Å². The van der Waals surface area contributed by atoms with Crippen LogP contribution in [0.2, 0.25) is 0 Å². The highest BCUT2D eigenvalue weighted by molar-refractivity contribution is 7.89. The number of aromatic nitrogens is 3. The van der Waals surface area contributed by atoms with Gasteiger partial charge in [0.1, 0.15) is 21.6 Å². The van der Waals surface area contributed by atoms with Crippen LogP contribution < -0.4 is 4.90 Å². The molecule has 0 atom stereocenters. The topological polar surface area (TPSA) is 96.4 Å². The summed E-state index contributed by atoms with van der Waals surface area (Å²) in [4.78, 5) is 16.9. The second-order valence-electron chi connectivity index (χ2n) is 6.17. The maximum absolute atomic E-state index is 13.0. The molecular weight excluding hydrogens is 431 g/mol. The molecule has 0 radical (unpaired) electrons. The second kappa shape index (κ2) is 7.00. The summed E-state index contributed by atoms with van der Waals surface area (Å²) in [6.45, 7) is -0.670. The van der Waals surface area contributed by atoms with Crippen molar-refractivity contribution in [3.05, 3.63) is 42.2 Å². The van der Waals surface area contributed by atoms with Gasteiger partial charge in [0.15, 0.2) is 0 Å². The minimum atomic E-state index is -4.65. The molecule has 3 heterocycles. The maximum Gasteiger partial charge on any atom is 0.433 e. The number of pyridine rings is 1. The number of benzene rings is 1. The number of fused-ring (bicyclic) bond motifs is 1. The standard InChI is InChI=1S/C16H12F3N5O3S2/c17-16(18,19)13-8-10(4-5-20-13)24-7-6-23(9-14(24)25)29(26,27)12-3-1-2-11-15(12)22-28-21-11/h1-5,8H,6-7,9H2. The zero-order valence-electron chi connectivity index (χ0n) is 14.5. The fraction of sp³-hybridized carbons (Fsp3) is 0.250. The van der Waals surface area contributed by atoms with Gasteiger partial charge in [-0.3, -0.25) is 9.78 Å². The van der Waals surface area contributed by atoms with E-state index in [1.807, 2.05) is 0 Å². The number of anilines is 1. The van der Waals surface area contributed by atoms with E-state index in [-0.39, 0.29) is 29.2 Å². The van der Waals surface area contributed by atoms with E-state index < -0.39 is 34.3 Å². The van der Waals surface area contributed by atoms with Crippen molar-refractivity contribution in [3.8, 4) is 0 Å². The van der Waals surface area contributed by atoms with Crippen LogP contribution in [0, 0.1) is 0 Å². The number of amides is 1. The molecule has 0 unspecified atom stereocenters. The van der Waals surface area contributed by atoms with Crippen molar-refractivity contribution in [3.63, 3.8) is 0 Å². The molecule has 1 aliphatic rings. The van der Waals surface area contributed by atoms with Crippen molar-refractivity contribution >= 4 is 44.4 Å². The molecular formula is C16H12F3N5O3S2. The second-order valence-corrected chi connectivity index (χ2v) is 8.60. The van der Waals surface area contributed by atoms with Crippen molar-refractivity contribution in [2.75, 3.05) is 24.5 Å². The van der Waals surface area contributed by atoms with Crippen LogP contribution in [0.4, 0.5) is 18.9 Å². The van der Waals surface area contributed by atoms with Crippen LogP contribution >= 0.6 is 11.7 Å². The van der Waals surface area contributed by atoms with Gasteiger partial charge in [-0.2, -0.15) is 26.2 Å². The molecule has 1 saturated heterocycles. The number of piperazine rings is 1. The van der Waals surface area contributed by atoms with Gasteiger partial charge >= 0.3 is 6.18 Å². The Bertz CT molecular complexity index is 1200. The Balaban J connectivity index is 1.60. The Morgan fingerprint density at radius 1 is 1.10 bits per heavy atom. The van der Waals surface area contributed by atoms with E-state index in [2.05, 4.69) is 13.7 Å². The fourth-order valence-electron chi connectivity index (χ4n) is 3.00. The third-order valence-corrected chi connectivity index (χ3v) is 6.82. The molecule has 0 bridgehead atoms. The lowest BCUT2D eigenvalue weighted by molar-refractivity contribution is -0.141. The number of alkyl halides is 3. The summed E-state index contributed by atoms with van der Waals surface area (Å²) in [6.07, 6.45) is -3.69. The van der Waals surface area contributed by atoms with E-state index in [1.54, 1.807) is 6.07 Å². The molecule has 0 saturated carbocycles. The van der Waals surface area contributed by atoms with Gasteiger partial charge < -0.3 is 4.90 Å². The fourth-order valence-corrected chi connectivity index (χ4v) is 5.13. The van der Waals surface area contributed by atoms with Crippen LogP contribution in [0.15, 0.2) is 41.4 Å². The summed E-state index contributed by atoms with van der Waals surface area (Å²) in [5, 5.41) is 0. The van der Waals surface area contributed by atoms with Crippen molar-refractivity contribution in [1.82, 2.24) is 18.0 Å². The molecule has 1 fully saturated rings. The lowest BCUT2D eigenvalue weighted by Gasteiger charge is -2.33. The molecule has 13 heteroatoms. The molecule has 0 aliphatic carbocycles. The van der Waals surface area contributed by atoms with Gasteiger partial charge in [0.05, 0.1) is 18.3 Å². The molecule has 0 N–H and O–H groups in total. The van der Waals surface area contributed by atoms with Gasteiger partial charge in [-0.15, -0.1) is 0 Å². The molecule has 3 aromatic rings. The van der Waals surface area contributed by atoms with E-state index in [4.69, 9.17) is 0 Å². The van der Waals surface area contributed by atoms with E-state index >= 15 is 0 Å². The number of hydrogen-bond acceptors (Lipinski definition) is 7. The number of rotatable bonds is 3. The first kappa shape index (κ1) is 19.7. The molecule has 4 rings (SSSR count). The number of carbonyl (C=O) groups is 1. The predicted molar refractivity (Wildman–Crippen MR) is 97.8 cm³/mol. The Labute approximate surface area is 167 Å². The SMILES string of the molecule is O=C1CN(S(=O)(=O)c2cccc3nsnc23)CCN1c1ccnc(C(F)(F)F)c1. The highest BCUT2D eigenvalue weighted by atomic mass is 32.2. The van der Waals surface area contributed by atoms with E-state index in [9.17, 15) is 26.4 Å². The summed E-state index contributed by atoms with van der Waals surface area (Å²) in [7, 11) is -4.03. The first-order valence-corrected chi connectivity index (χ1v) is 10.4. The zero-order valence-corrected chi connectivity index (χ0v) is 16.1. The molecule has 2 aromatic heterocycles. The number of sulfonamides is 1. The molecule has 8 nitrogen and oxygen atoms in total. The van der Waals surface area contributed by atoms with Crippen LogP contribution in [0.25, 0.3) is 11.0 Å². The van der Waals surface area contributed by atoms with Gasteiger partial charge in [0.25, 0.3) is 0 Å². The monoisotopic (exact) mass is 443 g/mol. The van der Waals surface area contributed by atoms with Crippen LogP contribution in [-0.2, 0) is 21.0 Å². The predicted octanol–water partition coefficient (Wildman–Crippen LogP) is 2.14. The largest absolute Gasteiger partial charge is 0.433 e. The lowest BCUT2D eigenvalue weighted by Crippen LogP contribution is -2.52. The molecule has 1 aromatic carbocycles. The first-order chi connectivity index (χ1) is 13.7. The van der Waals surface area contributed by atoms with Crippen LogP contribution in [0.5, 0.6) is 0 Å². The average molecular weight is 443 g/mol. The molecule has 1 aliphatic heterocycles. The minimum absolute atomic E-state index is 0.0141. The Hall–Kier alpha value is -2.64. The number of carbonyl (C=O) groups excluding carboxylic acids is 1. The molecule has 152 valence electrons. The molecule has 1 amide bonds. The van der Waals surface area contributed by atoms with E-state index in [0.717, 1.165) is 33.2 Å². The summed E-state index contributed by atoms with van der Waals surface area (Å²) >= 11 is 0.875. The minimum Gasteiger partial charge on any atom is -0.310 e. The van der Waals surface area contributed by atoms with E-state index in [1.165, 1.54) is 18.2 Å². The van der Waals surface area contributed by atoms with Crippen LogP contribution in [0.1, 0.15) is 5.69 Å². The smallest absolute Gasteiger partial charge is 0.310 e.